The Morgan fingerprint density at radius 3 is 2.65 bits per heavy atom. The smallest absolute Gasteiger partial charge is 0.0916 e. The van der Waals surface area contributed by atoms with Crippen molar-refractivity contribution in [3.63, 3.8) is 0 Å². The van der Waals surface area contributed by atoms with Crippen LogP contribution >= 0.6 is 11.3 Å². The summed E-state index contributed by atoms with van der Waals surface area (Å²) in [6.45, 7) is 5.02. The number of thiophene rings is 1. The standard InChI is InChI=1S/C19H26N2OS/c22-19(18-4-2-1-3-5-18)14-21-9-6-16(7-10-21)12-20-13-17-8-11-23-15-17/h1-5,8,11,15-16,19-20,22H,6-7,9-10,12-14H2. The number of aliphatic hydroxyl groups is 1. The fraction of sp³-hybridized carbons (Fsp3) is 0.474. The highest BCUT2D eigenvalue weighted by molar-refractivity contribution is 7.07. The van der Waals surface area contributed by atoms with Crippen LogP contribution in [0.1, 0.15) is 30.1 Å². The largest absolute Gasteiger partial charge is 0.387 e. The second-order valence-electron chi connectivity index (χ2n) is 6.43. The maximum atomic E-state index is 10.3. The third kappa shape index (κ3) is 5.15. The monoisotopic (exact) mass is 330 g/mol. The van der Waals surface area contributed by atoms with Gasteiger partial charge in [0.1, 0.15) is 0 Å². The number of β-amino-alcohol motifs (C(OH)–C–C–N with tert-alkyl or cyclic N) is 1. The van der Waals surface area contributed by atoms with Gasteiger partial charge in [-0.1, -0.05) is 30.3 Å². The number of rotatable bonds is 7. The van der Waals surface area contributed by atoms with E-state index in [4.69, 9.17) is 0 Å². The Kier molecular flexibility index (Phi) is 6.22. The Morgan fingerprint density at radius 1 is 1.17 bits per heavy atom. The van der Waals surface area contributed by atoms with Crippen molar-refractivity contribution in [3.05, 3.63) is 58.3 Å². The van der Waals surface area contributed by atoms with Crippen molar-refractivity contribution in [2.24, 2.45) is 5.92 Å². The van der Waals surface area contributed by atoms with E-state index in [0.717, 1.165) is 44.2 Å². The van der Waals surface area contributed by atoms with E-state index < -0.39 is 0 Å². The van der Waals surface area contributed by atoms with Crippen molar-refractivity contribution in [1.29, 1.82) is 0 Å². The number of nitrogens with zero attached hydrogens (tertiary/aromatic N) is 1. The lowest BCUT2D eigenvalue weighted by Crippen LogP contribution is -2.39. The molecule has 0 aliphatic carbocycles. The molecule has 1 saturated heterocycles. The number of nitrogens with one attached hydrogen (secondary N) is 1. The molecule has 3 nitrogen and oxygen atoms in total. The topological polar surface area (TPSA) is 35.5 Å². The third-order valence-electron chi connectivity index (χ3n) is 4.66. The summed E-state index contributed by atoms with van der Waals surface area (Å²) in [5.41, 5.74) is 2.41. The minimum absolute atomic E-state index is 0.371. The first-order valence-corrected chi connectivity index (χ1v) is 9.42. The van der Waals surface area contributed by atoms with Crippen molar-refractivity contribution in [3.8, 4) is 0 Å². The normalized spacial score (nSPS) is 18.1. The Balaban J connectivity index is 1.35. The van der Waals surface area contributed by atoms with E-state index >= 15 is 0 Å². The van der Waals surface area contributed by atoms with E-state index in [1.54, 1.807) is 11.3 Å². The molecule has 2 heterocycles. The summed E-state index contributed by atoms with van der Waals surface area (Å²) < 4.78 is 0. The lowest BCUT2D eigenvalue weighted by Gasteiger charge is -2.33. The number of hydrogen-bond donors (Lipinski definition) is 2. The van der Waals surface area contributed by atoms with E-state index in [0.29, 0.717) is 0 Å². The first kappa shape index (κ1) is 16.7. The molecule has 1 fully saturated rings. The average molecular weight is 330 g/mol. The van der Waals surface area contributed by atoms with E-state index in [-0.39, 0.29) is 6.10 Å². The maximum absolute atomic E-state index is 10.3. The summed E-state index contributed by atoms with van der Waals surface area (Å²) in [6, 6.07) is 12.2. The molecule has 4 heteroatoms. The predicted molar refractivity (Wildman–Crippen MR) is 96.6 cm³/mol. The number of benzene rings is 1. The van der Waals surface area contributed by atoms with Crippen LogP contribution in [0, 0.1) is 5.92 Å². The van der Waals surface area contributed by atoms with Crippen LogP contribution in [0.5, 0.6) is 0 Å². The Labute approximate surface area is 143 Å². The van der Waals surface area contributed by atoms with Crippen LogP contribution < -0.4 is 5.32 Å². The van der Waals surface area contributed by atoms with Gasteiger partial charge in [0.05, 0.1) is 6.10 Å². The van der Waals surface area contributed by atoms with Gasteiger partial charge in [0.15, 0.2) is 0 Å². The summed E-state index contributed by atoms with van der Waals surface area (Å²) in [5, 5.41) is 18.3. The van der Waals surface area contributed by atoms with Gasteiger partial charge in [-0.15, -0.1) is 0 Å². The highest BCUT2D eigenvalue weighted by atomic mass is 32.1. The molecule has 1 unspecified atom stereocenters. The van der Waals surface area contributed by atoms with Crippen LogP contribution in [0.3, 0.4) is 0 Å². The summed E-state index contributed by atoms with van der Waals surface area (Å²) in [4.78, 5) is 2.40. The van der Waals surface area contributed by atoms with Crippen LogP contribution in [0.25, 0.3) is 0 Å². The van der Waals surface area contributed by atoms with Gasteiger partial charge in [-0.3, -0.25) is 0 Å². The Morgan fingerprint density at radius 2 is 1.96 bits per heavy atom. The minimum Gasteiger partial charge on any atom is -0.387 e. The summed E-state index contributed by atoms with van der Waals surface area (Å²) in [7, 11) is 0. The van der Waals surface area contributed by atoms with Crippen LogP contribution in [0.15, 0.2) is 47.2 Å². The first-order chi connectivity index (χ1) is 11.3. The number of piperidine rings is 1. The highest BCUT2D eigenvalue weighted by Gasteiger charge is 2.21. The van der Waals surface area contributed by atoms with E-state index in [9.17, 15) is 5.11 Å². The molecule has 124 valence electrons. The van der Waals surface area contributed by atoms with Crippen molar-refractivity contribution in [2.45, 2.75) is 25.5 Å². The van der Waals surface area contributed by atoms with Crippen molar-refractivity contribution in [2.75, 3.05) is 26.2 Å². The summed E-state index contributed by atoms with van der Waals surface area (Å²) >= 11 is 1.76. The Hall–Kier alpha value is -1.20. The molecular weight excluding hydrogens is 304 g/mol. The molecule has 0 bridgehead atoms. The van der Waals surface area contributed by atoms with Crippen LogP contribution in [0.4, 0.5) is 0 Å². The maximum Gasteiger partial charge on any atom is 0.0916 e. The molecule has 2 aromatic rings. The predicted octanol–water partition coefficient (Wildman–Crippen LogP) is 3.28. The minimum atomic E-state index is -0.371. The quantitative estimate of drug-likeness (QED) is 0.818. The molecule has 1 aromatic heterocycles. The third-order valence-corrected chi connectivity index (χ3v) is 5.40. The highest BCUT2D eigenvalue weighted by Crippen LogP contribution is 2.20. The van der Waals surface area contributed by atoms with Crippen molar-refractivity contribution >= 4 is 11.3 Å². The molecule has 2 N–H and O–H groups in total. The Bertz CT molecular complexity index is 550. The lowest BCUT2D eigenvalue weighted by atomic mass is 9.96. The van der Waals surface area contributed by atoms with E-state index in [1.165, 1.54) is 18.4 Å². The fourth-order valence-corrected chi connectivity index (χ4v) is 3.88. The van der Waals surface area contributed by atoms with Gasteiger partial charge in [-0.2, -0.15) is 11.3 Å². The van der Waals surface area contributed by atoms with Gasteiger partial charge < -0.3 is 15.3 Å². The van der Waals surface area contributed by atoms with Crippen LogP contribution in [-0.2, 0) is 6.54 Å². The first-order valence-electron chi connectivity index (χ1n) is 8.48. The number of likely N-dealkylation sites (tertiary alicyclic amines) is 1. The van der Waals surface area contributed by atoms with Crippen molar-refractivity contribution < 1.29 is 5.11 Å². The zero-order valence-electron chi connectivity index (χ0n) is 13.5. The molecule has 0 saturated carbocycles. The van der Waals surface area contributed by atoms with Crippen LogP contribution in [-0.4, -0.2) is 36.2 Å². The molecule has 1 aliphatic heterocycles. The van der Waals surface area contributed by atoms with Gasteiger partial charge >= 0.3 is 0 Å². The van der Waals surface area contributed by atoms with Gasteiger partial charge in [0, 0.05) is 13.1 Å². The fourth-order valence-electron chi connectivity index (χ4n) is 3.21. The number of hydrogen-bond acceptors (Lipinski definition) is 4. The lowest BCUT2D eigenvalue weighted by molar-refractivity contribution is 0.0891. The van der Waals surface area contributed by atoms with Gasteiger partial charge in [0.25, 0.3) is 0 Å². The molecule has 1 aromatic carbocycles. The molecular formula is C19H26N2OS. The van der Waals surface area contributed by atoms with Gasteiger partial charge in [0.2, 0.25) is 0 Å². The SMILES string of the molecule is OC(CN1CCC(CNCc2ccsc2)CC1)c1ccccc1. The van der Waals surface area contributed by atoms with Crippen molar-refractivity contribution in [1.82, 2.24) is 10.2 Å². The second kappa shape index (κ2) is 8.60. The molecule has 3 rings (SSSR count). The molecule has 0 spiro atoms. The molecule has 1 atom stereocenters. The van der Waals surface area contributed by atoms with Gasteiger partial charge in [-0.25, -0.2) is 0 Å². The van der Waals surface area contributed by atoms with Crippen LogP contribution in [0.2, 0.25) is 0 Å². The summed E-state index contributed by atoms with van der Waals surface area (Å²) in [5.74, 6) is 0.763. The summed E-state index contributed by atoms with van der Waals surface area (Å²) in [6.07, 6.45) is 2.07. The zero-order chi connectivity index (χ0) is 15.9. The second-order valence-corrected chi connectivity index (χ2v) is 7.21. The molecule has 23 heavy (non-hydrogen) atoms. The molecule has 0 radical (unpaired) electrons. The van der Waals surface area contributed by atoms with E-state index in [2.05, 4.69) is 27.0 Å². The number of aliphatic hydroxyl groups excluding tert-OH is 1. The molecule has 1 aliphatic rings. The van der Waals surface area contributed by atoms with E-state index in [1.807, 2.05) is 30.3 Å². The molecule has 0 amide bonds. The van der Waals surface area contributed by atoms with Gasteiger partial charge in [-0.05, 0) is 66.3 Å². The average Bonchev–Trinajstić information content (AvgIpc) is 3.11. The zero-order valence-corrected chi connectivity index (χ0v) is 14.3.